The number of aromatic nitrogens is 2. The molecule has 0 aliphatic rings. The number of sulfonamides is 1. The van der Waals surface area contributed by atoms with Crippen LogP contribution < -0.4 is 4.83 Å². The van der Waals surface area contributed by atoms with E-state index in [1.54, 1.807) is 23.8 Å². The summed E-state index contributed by atoms with van der Waals surface area (Å²) in [5.74, 6) is 0. The van der Waals surface area contributed by atoms with Crippen LogP contribution in [0.2, 0.25) is 0 Å². The van der Waals surface area contributed by atoms with Crippen molar-refractivity contribution in [2.24, 2.45) is 5.10 Å². The highest BCUT2D eigenvalue weighted by molar-refractivity contribution is 7.89. The predicted octanol–water partition coefficient (Wildman–Crippen LogP) is 2.17. The molecule has 2 aromatic heterocycles. The largest absolute Gasteiger partial charge is 0.277 e. The van der Waals surface area contributed by atoms with Gasteiger partial charge in [-0.2, -0.15) is 18.6 Å². The van der Waals surface area contributed by atoms with E-state index in [1.807, 2.05) is 19.1 Å². The predicted molar refractivity (Wildman–Crippen MR) is 95.7 cm³/mol. The van der Waals surface area contributed by atoms with Crippen LogP contribution in [-0.4, -0.2) is 29.2 Å². The van der Waals surface area contributed by atoms with E-state index in [9.17, 15) is 18.5 Å². The Kier molecular flexibility index (Phi) is 4.43. The normalized spacial score (nSPS) is 11.9. The number of aryl methyl sites for hydroxylation is 2. The van der Waals surface area contributed by atoms with Crippen LogP contribution in [0.3, 0.4) is 0 Å². The molecule has 3 aromatic rings. The molecule has 0 radical (unpaired) electrons. The lowest BCUT2D eigenvalue weighted by molar-refractivity contribution is -0.385. The minimum atomic E-state index is -4.04. The van der Waals surface area contributed by atoms with Gasteiger partial charge >= 0.3 is 0 Å². The second-order valence-electron chi connectivity index (χ2n) is 5.69. The maximum absolute atomic E-state index is 12.4. The summed E-state index contributed by atoms with van der Waals surface area (Å²) in [6, 6.07) is 7.43. The highest BCUT2D eigenvalue weighted by Crippen LogP contribution is 2.21. The van der Waals surface area contributed by atoms with Crippen LogP contribution in [0.5, 0.6) is 0 Å². The average molecular weight is 373 g/mol. The molecule has 0 amide bonds. The summed E-state index contributed by atoms with van der Waals surface area (Å²) in [6.45, 7) is 3.48. The van der Waals surface area contributed by atoms with Gasteiger partial charge in [0.05, 0.1) is 27.7 Å². The fourth-order valence-electron chi connectivity index (χ4n) is 2.41. The first-order chi connectivity index (χ1) is 12.3. The smallest absolute Gasteiger partial charge is 0.258 e. The monoisotopic (exact) mass is 373 g/mol. The Labute approximate surface area is 149 Å². The van der Waals surface area contributed by atoms with Crippen molar-refractivity contribution in [2.75, 3.05) is 0 Å². The van der Waals surface area contributed by atoms with E-state index in [0.717, 1.165) is 17.1 Å². The molecule has 0 fully saturated rings. The van der Waals surface area contributed by atoms with Gasteiger partial charge < -0.3 is 0 Å². The van der Waals surface area contributed by atoms with Crippen LogP contribution in [0.15, 0.2) is 52.7 Å². The van der Waals surface area contributed by atoms with E-state index in [2.05, 4.69) is 15.0 Å². The first kappa shape index (κ1) is 17.5. The summed E-state index contributed by atoms with van der Waals surface area (Å²) < 4.78 is 26.5. The molecule has 0 saturated carbocycles. The van der Waals surface area contributed by atoms with E-state index in [-0.39, 0.29) is 10.6 Å². The van der Waals surface area contributed by atoms with Crippen LogP contribution in [0.25, 0.3) is 5.52 Å². The van der Waals surface area contributed by atoms with Crippen molar-refractivity contribution in [3.63, 3.8) is 0 Å². The Balaban J connectivity index is 1.88. The average Bonchev–Trinajstić information content (AvgIpc) is 2.97. The summed E-state index contributed by atoms with van der Waals surface area (Å²) in [6.07, 6.45) is 4.69. The zero-order valence-electron chi connectivity index (χ0n) is 13.9. The van der Waals surface area contributed by atoms with Crippen molar-refractivity contribution < 1.29 is 13.3 Å². The third kappa shape index (κ3) is 3.40. The zero-order valence-corrected chi connectivity index (χ0v) is 14.8. The molecule has 0 aliphatic carbocycles. The number of pyridine rings is 1. The molecule has 3 rings (SSSR count). The molecule has 0 aliphatic heterocycles. The van der Waals surface area contributed by atoms with Gasteiger partial charge in [0.2, 0.25) is 0 Å². The second kappa shape index (κ2) is 6.56. The van der Waals surface area contributed by atoms with Crippen molar-refractivity contribution in [3.05, 3.63) is 69.5 Å². The van der Waals surface area contributed by atoms with Crippen LogP contribution in [0.4, 0.5) is 5.69 Å². The Hall–Kier alpha value is -3.27. The number of hydrazone groups is 1. The Bertz CT molecular complexity index is 1130. The number of benzene rings is 1. The Morgan fingerprint density at radius 3 is 2.77 bits per heavy atom. The highest BCUT2D eigenvalue weighted by atomic mass is 32.2. The molecule has 0 saturated heterocycles. The number of hydrogen-bond acceptors (Lipinski definition) is 6. The third-order valence-corrected chi connectivity index (χ3v) is 5.12. The number of fused-ring (bicyclic) bond motifs is 1. The standard InChI is InChI=1S/C16H15N5O4S/c1-11-5-6-20-15(7-11)13(10-18-20)9-17-19-26(24,25)16-8-14(21(22)23)4-3-12(16)2/h3-10,19H,1-2H3/b17-9-. The van der Waals surface area contributed by atoms with Gasteiger partial charge in [-0.05, 0) is 37.1 Å². The summed E-state index contributed by atoms with van der Waals surface area (Å²) in [4.78, 5) is 12.1. The van der Waals surface area contributed by atoms with E-state index in [1.165, 1.54) is 18.3 Å². The van der Waals surface area contributed by atoms with Gasteiger partial charge in [0.15, 0.2) is 0 Å². The van der Waals surface area contributed by atoms with Crippen LogP contribution in [-0.2, 0) is 10.0 Å². The van der Waals surface area contributed by atoms with Gasteiger partial charge in [0.1, 0.15) is 0 Å². The van der Waals surface area contributed by atoms with E-state index >= 15 is 0 Å². The molecule has 1 N–H and O–H groups in total. The van der Waals surface area contributed by atoms with E-state index in [0.29, 0.717) is 11.1 Å². The molecule has 0 bridgehead atoms. The number of rotatable bonds is 5. The maximum Gasteiger partial charge on any atom is 0.277 e. The molecule has 134 valence electrons. The van der Waals surface area contributed by atoms with Gasteiger partial charge in [0, 0.05) is 23.9 Å². The minimum absolute atomic E-state index is 0.195. The number of hydrogen-bond donors (Lipinski definition) is 1. The van der Waals surface area contributed by atoms with Crippen molar-refractivity contribution in [1.82, 2.24) is 14.4 Å². The molecule has 10 heteroatoms. The SMILES string of the molecule is Cc1ccn2ncc(/C=N\NS(=O)(=O)c3cc([N+](=O)[O-])ccc3C)c2c1. The van der Waals surface area contributed by atoms with Crippen molar-refractivity contribution in [2.45, 2.75) is 18.7 Å². The lowest BCUT2D eigenvalue weighted by atomic mass is 10.2. The summed E-state index contributed by atoms with van der Waals surface area (Å²) >= 11 is 0. The molecular formula is C16H15N5O4S. The van der Waals surface area contributed by atoms with Gasteiger partial charge in [-0.25, -0.2) is 9.35 Å². The zero-order chi connectivity index (χ0) is 18.9. The summed E-state index contributed by atoms with van der Waals surface area (Å²) in [5.41, 5.74) is 2.51. The Morgan fingerprint density at radius 2 is 2.04 bits per heavy atom. The third-order valence-electron chi connectivity index (χ3n) is 3.76. The van der Waals surface area contributed by atoms with E-state index in [4.69, 9.17) is 0 Å². The molecule has 9 nitrogen and oxygen atoms in total. The molecule has 0 atom stereocenters. The van der Waals surface area contributed by atoms with Gasteiger partial charge in [-0.3, -0.25) is 10.1 Å². The summed E-state index contributed by atoms with van der Waals surface area (Å²) in [7, 11) is -4.04. The molecule has 2 heterocycles. The fourth-order valence-corrected chi connectivity index (χ4v) is 3.47. The van der Waals surface area contributed by atoms with Gasteiger partial charge in [-0.1, -0.05) is 6.07 Å². The van der Waals surface area contributed by atoms with Crippen molar-refractivity contribution in [1.29, 1.82) is 0 Å². The maximum atomic E-state index is 12.4. The van der Waals surface area contributed by atoms with Crippen molar-refractivity contribution >= 4 is 27.4 Å². The molecule has 26 heavy (non-hydrogen) atoms. The summed E-state index contributed by atoms with van der Waals surface area (Å²) in [5, 5.41) is 18.8. The number of nitro benzene ring substituents is 1. The van der Waals surface area contributed by atoms with E-state index < -0.39 is 14.9 Å². The number of nitro groups is 1. The lowest BCUT2D eigenvalue weighted by Crippen LogP contribution is -2.19. The van der Waals surface area contributed by atoms with Crippen LogP contribution >= 0.6 is 0 Å². The molecule has 1 aromatic carbocycles. The van der Waals surface area contributed by atoms with Gasteiger partial charge in [0.25, 0.3) is 15.7 Å². The molecule has 0 spiro atoms. The first-order valence-electron chi connectivity index (χ1n) is 7.52. The Morgan fingerprint density at radius 1 is 1.27 bits per heavy atom. The molecule has 0 unspecified atom stereocenters. The first-order valence-corrected chi connectivity index (χ1v) is 9.00. The lowest BCUT2D eigenvalue weighted by Gasteiger charge is -2.06. The fraction of sp³-hybridized carbons (Fsp3) is 0.125. The molecular weight excluding hydrogens is 358 g/mol. The number of non-ortho nitro benzene ring substituents is 1. The van der Waals surface area contributed by atoms with Crippen LogP contribution in [0.1, 0.15) is 16.7 Å². The van der Waals surface area contributed by atoms with Gasteiger partial charge in [-0.15, -0.1) is 0 Å². The highest BCUT2D eigenvalue weighted by Gasteiger charge is 2.20. The van der Waals surface area contributed by atoms with Crippen molar-refractivity contribution in [3.8, 4) is 0 Å². The second-order valence-corrected chi connectivity index (χ2v) is 7.32. The number of nitrogens with one attached hydrogen (secondary N) is 1. The number of nitrogens with zero attached hydrogens (tertiary/aromatic N) is 4. The quantitative estimate of drug-likeness (QED) is 0.418. The van der Waals surface area contributed by atoms with Crippen LogP contribution in [0, 0.1) is 24.0 Å². The topological polar surface area (TPSA) is 119 Å². The minimum Gasteiger partial charge on any atom is -0.258 e.